The molecular formula is C24H23N3O4. The number of pyridine rings is 1. The number of carbonyl (C=O) groups is 2. The summed E-state index contributed by atoms with van der Waals surface area (Å²) in [5.41, 5.74) is 3.16. The van der Waals surface area contributed by atoms with Gasteiger partial charge in [-0.15, -0.1) is 0 Å². The highest BCUT2D eigenvalue weighted by atomic mass is 16.7. The molecule has 2 aliphatic rings. The Labute approximate surface area is 180 Å². The van der Waals surface area contributed by atoms with Gasteiger partial charge in [-0.2, -0.15) is 0 Å². The Kier molecular flexibility index (Phi) is 4.94. The fourth-order valence-electron chi connectivity index (χ4n) is 4.30. The second kappa shape index (κ2) is 7.91. The van der Waals surface area contributed by atoms with Gasteiger partial charge in [0.05, 0.1) is 16.9 Å². The zero-order valence-electron chi connectivity index (χ0n) is 17.3. The summed E-state index contributed by atoms with van der Waals surface area (Å²) in [6.07, 6.45) is 1.57. The monoisotopic (exact) mass is 417 g/mol. The number of nitrogens with one attached hydrogen (secondary N) is 1. The SMILES string of the molecule is CC(=O)Nc1cc2ccccc2nc1C1CCN(C(=O)c2ccc3c(c2)OCO3)CC1. The van der Waals surface area contributed by atoms with E-state index in [0.29, 0.717) is 30.2 Å². The van der Waals surface area contributed by atoms with Gasteiger partial charge in [0, 0.05) is 36.9 Å². The Morgan fingerprint density at radius 1 is 1.03 bits per heavy atom. The van der Waals surface area contributed by atoms with Crippen LogP contribution in [0.15, 0.2) is 48.5 Å². The minimum Gasteiger partial charge on any atom is -0.454 e. The minimum absolute atomic E-state index is 0.00898. The highest BCUT2D eigenvalue weighted by molar-refractivity contribution is 5.95. The van der Waals surface area contributed by atoms with Crippen molar-refractivity contribution in [2.24, 2.45) is 0 Å². The van der Waals surface area contributed by atoms with Gasteiger partial charge in [0.2, 0.25) is 12.7 Å². The number of para-hydroxylation sites is 1. The Hall–Kier alpha value is -3.61. The lowest BCUT2D eigenvalue weighted by molar-refractivity contribution is -0.114. The van der Waals surface area contributed by atoms with Crippen LogP contribution in [0.25, 0.3) is 10.9 Å². The number of aromatic nitrogens is 1. The number of fused-ring (bicyclic) bond motifs is 2. The Morgan fingerprint density at radius 2 is 1.81 bits per heavy atom. The van der Waals surface area contributed by atoms with E-state index in [1.54, 1.807) is 18.2 Å². The standard InChI is InChI=1S/C24H23N3O4/c1-15(28)25-20-12-17-4-2-3-5-19(17)26-23(20)16-8-10-27(11-9-16)24(29)18-6-7-21-22(13-18)31-14-30-21/h2-7,12-13,16H,8-11,14H2,1H3,(H,25,28). The third-order valence-corrected chi connectivity index (χ3v) is 5.85. The van der Waals surface area contributed by atoms with Crippen LogP contribution in [-0.4, -0.2) is 41.6 Å². The molecule has 0 atom stereocenters. The van der Waals surface area contributed by atoms with Crippen molar-refractivity contribution in [3.8, 4) is 11.5 Å². The fraction of sp³-hybridized carbons (Fsp3) is 0.292. The van der Waals surface area contributed by atoms with E-state index in [-0.39, 0.29) is 24.5 Å². The third kappa shape index (κ3) is 3.79. The van der Waals surface area contributed by atoms with Crippen LogP contribution in [0.3, 0.4) is 0 Å². The summed E-state index contributed by atoms with van der Waals surface area (Å²) in [6, 6.07) is 15.2. The molecule has 3 aromatic rings. The molecule has 0 bridgehead atoms. The molecule has 31 heavy (non-hydrogen) atoms. The van der Waals surface area contributed by atoms with Gasteiger partial charge in [-0.25, -0.2) is 0 Å². The van der Waals surface area contributed by atoms with Crippen molar-refractivity contribution >= 4 is 28.4 Å². The number of piperidine rings is 1. The average Bonchev–Trinajstić information content (AvgIpc) is 3.26. The topological polar surface area (TPSA) is 80.8 Å². The molecule has 2 amide bonds. The normalized spacial score (nSPS) is 15.8. The van der Waals surface area contributed by atoms with Crippen molar-refractivity contribution in [2.45, 2.75) is 25.7 Å². The Bertz CT molecular complexity index is 1170. The highest BCUT2D eigenvalue weighted by Gasteiger charge is 2.28. The molecule has 7 nitrogen and oxygen atoms in total. The lowest BCUT2D eigenvalue weighted by Gasteiger charge is -2.32. The number of benzene rings is 2. The molecule has 0 unspecified atom stereocenters. The van der Waals surface area contributed by atoms with E-state index in [1.807, 2.05) is 35.2 Å². The summed E-state index contributed by atoms with van der Waals surface area (Å²) in [4.78, 5) is 31.5. The lowest BCUT2D eigenvalue weighted by atomic mass is 9.91. The number of hydrogen-bond donors (Lipinski definition) is 1. The van der Waals surface area contributed by atoms with Crippen LogP contribution in [0.1, 0.15) is 41.7 Å². The van der Waals surface area contributed by atoms with Crippen LogP contribution in [0.5, 0.6) is 11.5 Å². The summed E-state index contributed by atoms with van der Waals surface area (Å²) >= 11 is 0. The number of nitrogens with zero attached hydrogens (tertiary/aromatic N) is 2. The van der Waals surface area contributed by atoms with Crippen molar-refractivity contribution < 1.29 is 19.1 Å². The van der Waals surface area contributed by atoms with Gasteiger partial charge >= 0.3 is 0 Å². The van der Waals surface area contributed by atoms with Crippen molar-refractivity contribution in [2.75, 3.05) is 25.2 Å². The van der Waals surface area contributed by atoms with Gasteiger partial charge < -0.3 is 19.7 Å². The number of carbonyl (C=O) groups excluding carboxylic acids is 2. The molecule has 3 heterocycles. The van der Waals surface area contributed by atoms with Gasteiger partial charge in [0.1, 0.15) is 0 Å². The summed E-state index contributed by atoms with van der Waals surface area (Å²) in [7, 11) is 0. The molecule has 0 spiro atoms. The quantitative estimate of drug-likeness (QED) is 0.698. The molecular weight excluding hydrogens is 394 g/mol. The molecule has 0 aliphatic carbocycles. The minimum atomic E-state index is -0.117. The first kappa shape index (κ1) is 19.4. The number of ether oxygens (including phenoxy) is 2. The first-order valence-corrected chi connectivity index (χ1v) is 10.4. The summed E-state index contributed by atoms with van der Waals surface area (Å²) in [6.45, 7) is 2.96. The van der Waals surface area contributed by atoms with Gasteiger partial charge in [0.25, 0.3) is 5.91 Å². The number of anilines is 1. The Morgan fingerprint density at radius 3 is 2.61 bits per heavy atom. The average molecular weight is 417 g/mol. The maximum atomic E-state index is 13.0. The summed E-state index contributed by atoms with van der Waals surface area (Å²) in [5, 5.41) is 3.93. The third-order valence-electron chi connectivity index (χ3n) is 5.85. The smallest absolute Gasteiger partial charge is 0.253 e. The largest absolute Gasteiger partial charge is 0.454 e. The molecule has 0 radical (unpaired) electrons. The zero-order valence-corrected chi connectivity index (χ0v) is 17.3. The number of rotatable bonds is 3. The number of hydrogen-bond acceptors (Lipinski definition) is 5. The zero-order chi connectivity index (χ0) is 21.4. The molecule has 1 aromatic heterocycles. The summed E-state index contributed by atoms with van der Waals surface area (Å²) < 4.78 is 10.7. The van der Waals surface area contributed by atoms with Crippen LogP contribution < -0.4 is 14.8 Å². The lowest BCUT2D eigenvalue weighted by Crippen LogP contribution is -2.38. The van der Waals surface area contributed by atoms with E-state index in [4.69, 9.17) is 14.5 Å². The van der Waals surface area contributed by atoms with Crippen molar-refractivity contribution in [3.63, 3.8) is 0 Å². The van der Waals surface area contributed by atoms with Crippen molar-refractivity contribution in [1.29, 1.82) is 0 Å². The predicted octanol–water partition coefficient (Wildman–Crippen LogP) is 3.94. The van der Waals surface area contributed by atoms with Gasteiger partial charge in [0.15, 0.2) is 11.5 Å². The highest BCUT2D eigenvalue weighted by Crippen LogP contribution is 2.36. The first-order valence-electron chi connectivity index (χ1n) is 10.4. The van der Waals surface area contributed by atoms with Gasteiger partial charge in [-0.05, 0) is 43.2 Å². The van der Waals surface area contributed by atoms with Crippen LogP contribution in [-0.2, 0) is 4.79 Å². The van der Waals surface area contributed by atoms with Gasteiger partial charge in [-0.1, -0.05) is 18.2 Å². The molecule has 1 N–H and O–H groups in total. The molecule has 2 aromatic carbocycles. The van der Waals surface area contributed by atoms with E-state index in [9.17, 15) is 9.59 Å². The molecule has 5 rings (SSSR count). The molecule has 1 fully saturated rings. The molecule has 1 saturated heterocycles. The predicted molar refractivity (Wildman–Crippen MR) is 116 cm³/mol. The summed E-state index contributed by atoms with van der Waals surface area (Å²) in [5.74, 6) is 1.33. The maximum absolute atomic E-state index is 13.0. The molecule has 7 heteroatoms. The van der Waals surface area contributed by atoms with E-state index in [1.165, 1.54) is 6.92 Å². The number of likely N-dealkylation sites (tertiary alicyclic amines) is 1. The second-order valence-corrected chi connectivity index (χ2v) is 7.93. The van der Waals surface area contributed by atoms with Crippen LogP contribution >= 0.6 is 0 Å². The second-order valence-electron chi connectivity index (χ2n) is 7.93. The molecule has 0 saturated carbocycles. The van der Waals surface area contributed by atoms with Crippen LogP contribution in [0, 0.1) is 0 Å². The molecule has 2 aliphatic heterocycles. The van der Waals surface area contributed by atoms with Gasteiger partial charge in [-0.3, -0.25) is 14.6 Å². The first-order chi connectivity index (χ1) is 15.1. The van der Waals surface area contributed by atoms with E-state index >= 15 is 0 Å². The van der Waals surface area contributed by atoms with Crippen molar-refractivity contribution in [1.82, 2.24) is 9.88 Å². The molecule has 158 valence electrons. The van der Waals surface area contributed by atoms with Crippen molar-refractivity contribution in [3.05, 3.63) is 59.8 Å². The van der Waals surface area contributed by atoms with Crippen LogP contribution in [0.2, 0.25) is 0 Å². The van der Waals surface area contributed by atoms with E-state index < -0.39 is 0 Å². The van der Waals surface area contributed by atoms with E-state index in [2.05, 4.69) is 5.32 Å². The maximum Gasteiger partial charge on any atom is 0.253 e. The number of amides is 2. The van der Waals surface area contributed by atoms with Crippen LogP contribution in [0.4, 0.5) is 5.69 Å². The fourth-order valence-corrected chi connectivity index (χ4v) is 4.30. The Balaban J connectivity index is 1.34. The van der Waals surface area contributed by atoms with E-state index in [0.717, 1.165) is 35.1 Å².